The van der Waals surface area contributed by atoms with Gasteiger partial charge in [0.2, 0.25) is 0 Å². The zero-order valence-corrected chi connectivity index (χ0v) is 15.5. The van der Waals surface area contributed by atoms with Crippen LogP contribution in [0.2, 0.25) is 5.02 Å². The largest absolute Gasteiger partial charge is 0.490 e. The van der Waals surface area contributed by atoms with E-state index in [9.17, 15) is 0 Å². The second-order valence-electron chi connectivity index (χ2n) is 6.46. The topological polar surface area (TPSA) is 30.5 Å². The maximum atomic E-state index is 6.49. The second kappa shape index (κ2) is 9.12. The second-order valence-corrected chi connectivity index (χ2v) is 6.87. The van der Waals surface area contributed by atoms with E-state index in [1.807, 2.05) is 49.4 Å². The van der Waals surface area contributed by atoms with Crippen LogP contribution in [0.4, 0.5) is 0 Å². The van der Waals surface area contributed by atoms with Gasteiger partial charge in [-0.3, -0.25) is 0 Å². The van der Waals surface area contributed by atoms with Crippen LogP contribution in [0.3, 0.4) is 0 Å². The highest BCUT2D eigenvalue weighted by atomic mass is 35.5. The molecule has 0 spiro atoms. The molecule has 134 valence electrons. The van der Waals surface area contributed by atoms with Crippen LogP contribution in [0.25, 0.3) is 0 Å². The molecule has 2 aromatic carbocycles. The van der Waals surface area contributed by atoms with Gasteiger partial charge in [0.25, 0.3) is 0 Å². The fourth-order valence-corrected chi connectivity index (χ4v) is 3.43. The Labute approximate surface area is 155 Å². The van der Waals surface area contributed by atoms with Crippen molar-refractivity contribution in [2.24, 2.45) is 0 Å². The number of hydrogen-bond acceptors (Lipinski definition) is 3. The lowest BCUT2D eigenvalue weighted by molar-refractivity contribution is 0.269. The number of ether oxygens (including phenoxy) is 2. The lowest BCUT2D eigenvalue weighted by atomic mass is 10.1. The first-order valence-corrected chi connectivity index (χ1v) is 9.49. The Morgan fingerprint density at radius 1 is 1.04 bits per heavy atom. The molecule has 0 aliphatic heterocycles. The summed E-state index contributed by atoms with van der Waals surface area (Å²) in [7, 11) is 0. The zero-order chi connectivity index (χ0) is 17.5. The van der Waals surface area contributed by atoms with Crippen LogP contribution in [0.15, 0.2) is 42.5 Å². The summed E-state index contributed by atoms with van der Waals surface area (Å²) < 4.78 is 11.7. The van der Waals surface area contributed by atoms with Gasteiger partial charge in [-0.1, -0.05) is 54.8 Å². The first kappa shape index (κ1) is 18.1. The van der Waals surface area contributed by atoms with E-state index in [2.05, 4.69) is 5.32 Å². The zero-order valence-electron chi connectivity index (χ0n) is 14.8. The van der Waals surface area contributed by atoms with Gasteiger partial charge in [-0.2, -0.15) is 0 Å². The highest BCUT2D eigenvalue weighted by Gasteiger charge is 2.16. The van der Waals surface area contributed by atoms with Crippen molar-refractivity contribution >= 4 is 11.6 Å². The van der Waals surface area contributed by atoms with Crippen molar-refractivity contribution in [1.29, 1.82) is 0 Å². The molecule has 1 fully saturated rings. The predicted octanol–water partition coefficient (Wildman–Crippen LogP) is 5.35. The smallest absolute Gasteiger partial charge is 0.163 e. The van der Waals surface area contributed by atoms with E-state index >= 15 is 0 Å². The van der Waals surface area contributed by atoms with E-state index in [0.717, 1.165) is 28.4 Å². The van der Waals surface area contributed by atoms with Gasteiger partial charge < -0.3 is 14.8 Å². The molecule has 1 N–H and O–H groups in total. The molecule has 0 amide bonds. The van der Waals surface area contributed by atoms with Gasteiger partial charge in [0.1, 0.15) is 6.61 Å². The fraction of sp³-hybridized carbons (Fsp3) is 0.429. The van der Waals surface area contributed by atoms with Crippen LogP contribution >= 0.6 is 11.6 Å². The monoisotopic (exact) mass is 359 g/mol. The summed E-state index contributed by atoms with van der Waals surface area (Å²) in [6.45, 7) is 3.84. The first-order chi connectivity index (χ1) is 12.3. The van der Waals surface area contributed by atoms with E-state index in [-0.39, 0.29) is 0 Å². The molecule has 0 radical (unpaired) electrons. The Bertz CT molecular complexity index is 669. The van der Waals surface area contributed by atoms with Gasteiger partial charge in [0, 0.05) is 23.7 Å². The van der Waals surface area contributed by atoms with E-state index < -0.39 is 0 Å². The Kier molecular flexibility index (Phi) is 6.60. The summed E-state index contributed by atoms with van der Waals surface area (Å²) in [6.07, 6.45) is 5.16. The van der Waals surface area contributed by atoms with Crippen molar-refractivity contribution in [3.8, 4) is 11.5 Å². The average Bonchev–Trinajstić information content (AvgIpc) is 3.15. The van der Waals surface area contributed by atoms with Gasteiger partial charge in [0.15, 0.2) is 11.5 Å². The Morgan fingerprint density at radius 2 is 1.76 bits per heavy atom. The molecule has 3 rings (SSSR count). The third-order valence-corrected chi connectivity index (χ3v) is 4.94. The van der Waals surface area contributed by atoms with Crippen molar-refractivity contribution in [3.05, 3.63) is 58.6 Å². The molecule has 2 aromatic rings. The molecule has 0 saturated heterocycles. The summed E-state index contributed by atoms with van der Waals surface area (Å²) in [5.74, 6) is 1.45. The Balaban J connectivity index is 1.69. The van der Waals surface area contributed by atoms with Crippen LogP contribution in [0, 0.1) is 0 Å². The highest BCUT2D eigenvalue weighted by Crippen LogP contribution is 2.34. The van der Waals surface area contributed by atoms with Crippen LogP contribution in [-0.2, 0) is 13.2 Å². The number of hydrogen-bond donors (Lipinski definition) is 1. The molecular weight excluding hydrogens is 334 g/mol. The summed E-state index contributed by atoms with van der Waals surface area (Å²) in [5.41, 5.74) is 2.18. The number of benzene rings is 2. The van der Waals surface area contributed by atoms with Crippen molar-refractivity contribution < 1.29 is 9.47 Å². The van der Waals surface area contributed by atoms with E-state index in [1.54, 1.807) is 0 Å². The maximum Gasteiger partial charge on any atom is 0.163 e. The minimum absolute atomic E-state index is 0.497. The van der Waals surface area contributed by atoms with E-state index in [1.165, 1.54) is 25.7 Å². The van der Waals surface area contributed by atoms with Gasteiger partial charge in [-0.05, 0) is 37.0 Å². The standard InChI is InChI=1S/C21H26ClNO2/c1-2-24-20-12-17(14-23-18-10-6-7-11-18)19(22)13-21(20)25-15-16-8-4-3-5-9-16/h3-5,8-9,12-13,18,23H,2,6-7,10-11,14-15H2,1H3. The van der Waals surface area contributed by atoms with Gasteiger partial charge in [0.05, 0.1) is 6.61 Å². The molecule has 0 unspecified atom stereocenters. The minimum atomic E-state index is 0.497. The first-order valence-electron chi connectivity index (χ1n) is 9.11. The summed E-state index contributed by atoms with van der Waals surface area (Å²) in [5, 5.41) is 4.32. The van der Waals surface area contributed by atoms with E-state index in [0.29, 0.717) is 25.0 Å². The number of nitrogens with one attached hydrogen (secondary N) is 1. The quantitative estimate of drug-likeness (QED) is 0.689. The summed E-state index contributed by atoms with van der Waals surface area (Å²) in [4.78, 5) is 0. The Hall–Kier alpha value is -1.71. The van der Waals surface area contributed by atoms with E-state index in [4.69, 9.17) is 21.1 Å². The highest BCUT2D eigenvalue weighted by molar-refractivity contribution is 6.31. The average molecular weight is 360 g/mol. The van der Waals surface area contributed by atoms with Crippen LogP contribution in [0.1, 0.15) is 43.7 Å². The molecule has 1 saturated carbocycles. The molecule has 0 aromatic heterocycles. The van der Waals surface area contributed by atoms with Gasteiger partial charge >= 0.3 is 0 Å². The van der Waals surface area contributed by atoms with Crippen LogP contribution in [-0.4, -0.2) is 12.6 Å². The molecule has 25 heavy (non-hydrogen) atoms. The summed E-state index contributed by atoms with van der Waals surface area (Å²) in [6, 6.07) is 14.6. The van der Waals surface area contributed by atoms with Gasteiger partial charge in [-0.15, -0.1) is 0 Å². The third-order valence-electron chi connectivity index (χ3n) is 4.59. The third kappa shape index (κ3) is 5.13. The van der Waals surface area contributed by atoms with Crippen molar-refractivity contribution in [3.63, 3.8) is 0 Å². The molecule has 1 aliphatic carbocycles. The van der Waals surface area contributed by atoms with Crippen molar-refractivity contribution in [1.82, 2.24) is 5.32 Å². The molecule has 0 bridgehead atoms. The maximum absolute atomic E-state index is 6.49. The lowest BCUT2D eigenvalue weighted by Gasteiger charge is -2.17. The molecule has 4 heteroatoms. The fourth-order valence-electron chi connectivity index (χ4n) is 3.21. The normalized spacial score (nSPS) is 14.6. The molecular formula is C21H26ClNO2. The SMILES string of the molecule is CCOc1cc(CNC2CCCC2)c(Cl)cc1OCc1ccccc1. The molecule has 0 heterocycles. The molecule has 0 atom stereocenters. The lowest BCUT2D eigenvalue weighted by Crippen LogP contribution is -2.25. The van der Waals surface area contributed by atoms with Crippen molar-refractivity contribution in [2.45, 2.75) is 51.8 Å². The van der Waals surface area contributed by atoms with Crippen LogP contribution in [0.5, 0.6) is 11.5 Å². The molecule has 3 nitrogen and oxygen atoms in total. The minimum Gasteiger partial charge on any atom is -0.490 e. The van der Waals surface area contributed by atoms with Crippen LogP contribution < -0.4 is 14.8 Å². The summed E-state index contributed by atoms with van der Waals surface area (Å²) >= 11 is 6.49. The molecule has 1 aliphatic rings. The predicted molar refractivity (Wildman–Crippen MR) is 102 cm³/mol. The van der Waals surface area contributed by atoms with Crippen molar-refractivity contribution in [2.75, 3.05) is 6.61 Å². The number of rotatable bonds is 8. The Morgan fingerprint density at radius 3 is 2.48 bits per heavy atom. The van der Waals surface area contributed by atoms with Gasteiger partial charge in [-0.25, -0.2) is 0 Å². The number of halogens is 1.